The van der Waals surface area contributed by atoms with Gasteiger partial charge in [-0.3, -0.25) is 9.48 Å². The van der Waals surface area contributed by atoms with Crippen molar-refractivity contribution in [1.82, 2.24) is 20.1 Å². The molecule has 21 heavy (non-hydrogen) atoms. The molecule has 1 saturated heterocycles. The topological polar surface area (TPSA) is 69.0 Å². The van der Waals surface area contributed by atoms with Crippen LogP contribution in [0, 0.1) is 19.8 Å². The van der Waals surface area contributed by atoms with Crippen LogP contribution in [0.2, 0.25) is 0 Å². The summed E-state index contributed by atoms with van der Waals surface area (Å²) in [6.45, 7) is 5.98. The van der Waals surface area contributed by atoms with Gasteiger partial charge in [0.1, 0.15) is 0 Å². The molecule has 2 aromatic heterocycles. The zero-order valence-electron chi connectivity index (χ0n) is 12.6. The highest BCUT2D eigenvalue weighted by molar-refractivity contribution is 6.06. The lowest BCUT2D eigenvalue weighted by Gasteiger charge is -2.11. The zero-order chi connectivity index (χ0) is 15.0. The Balaban J connectivity index is 1.89. The first kappa shape index (κ1) is 14.0. The Bertz CT molecular complexity index is 687. The second-order valence-electron chi connectivity index (χ2n) is 5.66. The number of aromatic nitrogens is 3. The van der Waals surface area contributed by atoms with Crippen molar-refractivity contribution < 1.29 is 9.53 Å². The van der Waals surface area contributed by atoms with E-state index >= 15 is 0 Å². The minimum absolute atomic E-state index is 0.0616. The number of hydrogen-bond acceptors (Lipinski definition) is 4. The van der Waals surface area contributed by atoms with E-state index in [9.17, 15) is 4.79 Å². The summed E-state index contributed by atoms with van der Waals surface area (Å²) in [5, 5.41) is 8.22. The summed E-state index contributed by atoms with van der Waals surface area (Å²) in [6.07, 6.45) is 1.01. The van der Waals surface area contributed by atoms with Gasteiger partial charge in [0.15, 0.2) is 5.65 Å². The van der Waals surface area contributed by atoms with E-state index in [1.807, 2.05) is 27.0 Å². The molecule has 6 heteroatoms. The molecule has 1 N–H and O–H groups in total. The summed E-state index contributed by atoms with van der Waals surface area (Å²) in [4.78, 5) is 17.0. The number of hydrogen-bond donors (Lipinski definition) is 1. The first-order chi connectivity index (χ1) is 10.1. The molecular formula is C15H20N4O2. The third kappa shape index (κ3) is 2.63. The fourth-order valence-electron chi connectivity index (χ4n) is 2.83. The molecule has 112 valence electrons. The molecule has 1 fully saturated rings. The fourth-order valence-corrected chi connectivity index (χ4v) is 2.83. The number of ether oxygens (including phenoxy) is 1. The molecule has 6 nitrogen and oxygen atoms in total. The molecule has 3 rings (SSSR count). The van der Waals surface area contributed by atoms with Crippen molar-refractivity contribution in [2.45, 2.75) is 20.3 Å². The maximum Gasteiger partial charge on any atom is 0.252 e. The maximum absolute atomic E-state index is 12.5. The van der Waals surface area contributed by atoms with Gasteiger partial charge in [0.05, 0.1) is 23.3 Å². The van der Waals surface area contributed by atoms with E-state index in [1.165, 1.54) is 0 Å². The lowest BCUT2D eigenvalue weighted by Crippen LogP contribution is -2.29. The predicted octanol–water partition coefficient (Wildman–Crippen LogP) is 1.35. The highest BCUT2D eigenvalue weighted by Gasteiger charge is 2.20. The van der Waals surface area contributed by atoms with E-state index < -0.39 is 0 Å². The van der Waals surface area contributed by atoms with Crippen molar-refractivity contribution in [3.05, 3.63) is 23.0 Å². The van der Waals surface area contributed by atoms with Gasteiger partial charge in [-0.1, -0.05) is 0 Å². The van der Waals surface area contributed by atoms with Crippen molar-refractivity contribution in [2.75, 3.05) is 19.8 Å². The Kier molecular flexibility index (Phi) is 3.63. The van der Waals surface area contributed by atoms with Crippen LogP contribution in [-0.2, 0) is 11.8 Å². The highest BCUT2D eigenvalue weighted by Crippen LogP contribution is 2.21. The van der Waals surface area contributed by atoms with E-state index in [0.29, 0.717) is 18.0 Å². The van der Waals surface area contributed by atoms with Crippen LogP contribution < -0.4 is 5.32 Å². The molecule has 1 aliphatic heterocycles. The molecule has 0 aliphatic carbocycles. The molecular weight excluding hydrogens is 268 g/mol. The van der Waals surface area contributed by atoms with Gasteiger partial charge in [-0.05, 0) is 26.3 Å². The molecule has 0 bridgehead atoms. The Morgan fingerprint density at radius 3 is 3.05 bits per heavy atom. The smallest absolute Gasteiger partial charge is 0.252 e. The first-order valence-corrected chi connectivity index (χ1v) is 7.23. The van der Waals surface area contributed by atoms with E-state index in [2.05, 4.69) is 15.4 Å². The third-order valence-corrected chi connectivity index (χ3v) is 3.92. The van der Waals surface area contributed by atoms with E-state index in [-0.39, 0.29) is 5.91 Å². The third-order valence-electron chi connectivity index (χ3n) is 3.92. The monoisotopic (exact) mass is 288 g/mol. The van der Waals surface area contributed by atoms with Crippen LogP contribution >= 0.6 is 0 Å². The number of carbonyl (C=O) groups excluding carboxylic acids is 1. The molecule has 1 amide bonds. The molecule has 1 atom stereocenters. The van der Waals surface area contributed by atoms with E-state index in [4.69, 9.17) is 4.74 Å². The Morgan fingerprint density at radius 1 is 1.52 bits per heavy atom. The average Bonchev–Trinajstić information content (AvgIpc) is 3.05. The summed E-state index contributed by atoms with van der Waals surface area (Å²) < 4.78 is 7.05. The summed E-state index contributed by atoms with van der Waals surface area (Å²) in [6, 6.07) is 1.83. The number of pyridine rings is 1. The van der Waals surface area contributed by atoms with E-state index in [0.717, 1.165) is 42.1 Å². The number of fused-ring (bicyclic) bond motifs is 1. The van der Waals surface area contributed by atoms with Crippen molar-refractivity contribution in [1.29, 1.82) is 0 Å². The number of carbonyl (C=O) groups is 1. The quantitative estimate of drug-likeness (QED) is 0.925. The van der Waals surface area contributed by atoms with Crippen LogP contribution in [0.4, 0.5) is 0 Å². The molecule has 0 saturated carbocycles. The summed E-state index contributed by atoms with van der Waals surface area (Å²) in [5.41, 5.74) is 3.05. The lowest BCUT2D eigenvalue weighted by molar-refractivity contribution is 0.0946. The molecule has 2 aromatic rings. The fraction of sp³-hybridized carbons (Fsp3) is 0.533. The van der Waals surface area contributed by atoms with Crippen LogP contribution in [0.15, 0.2) is 6.07 Å². The SMILES string of the molecule is Cc1cc(C(=O)NCC2CCOC2)c2c(C)nn(C)c2n1. The Hall–Kier alpha value is -1.95. The van der Waals surface area contributed by atoms with Crippen LogP contribution in [0.25, 0.3) is 11.0 Å². The summed E-state index contributed by atoms with van der Waals surface area (Å²) in [7, 11) is 1.85. The second-order valence-corrected chi connectivity index (χ2v) is 5.66. The first-order valence-electron chi connectivity index (χ1n) is 7.23. The van der Waals surface area contributed by atoms with Gasteiger partial charge in [-0.15, -0.1) is 0 Å². The van der Waals surface area contributed by atoms with Crippen molar-refractivity contribution >= 4 is 16.9 Å². The second kappa shape index (κ2) is 5.44. The Morgan fingerprint density at radius 2 is 2.33 bits per heavy atom. The van der Waals surface area contributed by atoms with Crippen molar-refractivity contribution in [3.63, 3.8) is 0 Å². The molecule has 1 unspecified atom stereocenters. The standard InChI is InChI=1S/C15H20N4O2/c1-9-6-12(13-10(2)18-19(3)14(13)17-9)15(20)16-7-11-4-5-21-8-11/h6,11H,4-5,7-8H2,1-3H3,(H,16,20). The van der Waals surface area contributed by atoms with Gasteiger partial charge in [0.25, 0.3) is 5.91 Å². The van der Waals surface area contributed by atoms with Gasteiger partial charge >= 0.3 is 0 Å². The molecule has 1 aliphatic rings. The molecule has 0 radical (unpaired) electrons. The van der Waals surface area contributed by atoms with Gasteiger partial charge in [0.2, 0.25) is 0 Å². The van der Waals surface area contributed by atoms with Crippen LogP contribution in [0.1, 0.15) is 28.2 Å². The number of aryl methyl sites for hydroxylation is 3. The maximum atomic E-state index is 12.5. The minimum Gasteiger partial charge on any atom is -0.381 e. The van der Waals surface area contributed by atoms with Crippen LogP contribution in [0.3, 0.4) is 0 Å². The largest absolute Gasteiger partial charge is 0.381 e. The van der Waals surface area contributed by atoms with Gasteiger partial charge in [0, 0.05) is 31.8 Å². The summed E-state index contributed by atoms with van der Waals surface area (Å²) >= 11 is 0. The average molecular weight is 288 g/mol. The normalized spacial score (nSPS) is 18.3. The molecule has 0 aromatic carbocycles. The Labute approximate surface area is 123 Å². The lowest BCUT2D eigenvalue weighted by atomic mass is 10.1. The van der Waals surface area contributed by atoms with Crippen molar-refractivity contribution in [3.8, 4) is 0 Å². The number of nitrogens with zero attached hydrogens (tertiary/aromatic N) is 3. The van der Waals surface area contributed by atoms with Gasteiger partial charge in [-0.25, -0.2) is 4.98 Å². The molecule has 3 heterocycles. The highest BCUT2D eigenvalue weighted by atomic mass is 16.5. The minimum atomic E-state index is -0.0616. The van der Waals surface area contributed by atoms with E-state index in [1.54, 1.807) is 4.68 Å². The van der Waals surface area contributed by atoms with Crippen molar-refractivity contribution in [2.24, 2.45) is 13.0 Å². The van der Waals surface area contributed by atoms with Crippen LogP contribution in [-0.4, -0.2) is 40.4 Å². The van der Waals surface area contributed by atoms with Gasteiger partial charge < -0.3 is 10.1 Å². The summed E-state index contributed by atoms with van der Waals surface area (Å²) in [5.74, 6) is 0.357. The number of amides is 1. The van der Waals surface area contributed by atoms with Crippen LogP contribution in [0.5, 0.6) is 0 Å². The molecule has 0 spiro atoms. The zero-order valence-corrected chi connectivity index (χ0v) is 12.6. The predicted molar refractivity (Wildman–Crippen MR) is 79.2 cm³/mol. The number of nitrogens with one attached hydrogen (secondary N) is 1. The van der Waals surface area contributed by atoms with Gasteiger partial charge in [-0.2, -0.15) is 5.10 Å². The number of rotatable bonds is 3.